The highest BCUT2D eigenvalue weighted by Crippen LogP contribution is 2.43. The van der Waals surface area contributed by atoms with Crippen LogP contribution in [0.3, 0.4) is 0 Å². The highest BCUT2D eigenvalue weighted by molar-refractivity contribution is 6.21. The summed E-state index contributed by atoms with van der Waals surface area (Å²) in [4.78, 5) is 4.64. The minimum atomic E-state index is 0.773. The van der Waals surface area contributed by atoms with Crippen LogP contribution in [0.25, 0.3) is 65.4 Å². The molecule has 11 rings (SSSR count). The van der Waals surface area contributed by atoms with Gasteiger partial charge in [0.05, 0.1) is 0 Å². The van der Waals surface area contributed by atoms with Crippen molar-refractivity contribution in [3.63, 3.8) is 0 Å². The lowest BCUT2D eigenvalue weighted by molar-refractivity contribution is 0.634. The van der Waals surface area contributed by atoms with E-state index < -0.39 is 0 Å². The lowest BCUT2D eigenvalue weighted by atomic mass is 10.0. The van der Waals surface area contributed by atoms with Crippen molar-refractivity contribution in [2.75, 3.05) is 9.80 Å². The molecule has 58 heavy (non-hydrogen) atoms. The first-order valence-electron chi connectivity index (χ1n) is 19.9. The van der Waals surface area contributed by atoms with Crippen molar-refractivity contribution >= 4 is 99.5 Å². The first-order chi connectivity index (χ1) is 28.3. The second-order valence-electron chi connectivity index (χ2n) is 15.8. The SMILES string of the molecule is Cc1ccc(N(c2cccc(C)c2)c2ccc3cc4c(cc3c2)oc2c4ccc3c4cc5ccc(N(c6ccc(C)cc6)c6cccc(C)c6)cc5cc4oc32)cc1. The van der Waals surface area contributed by atoms with Gasteiger partial charge in [0.2, 0.25) is 0 Å². The van der Waals surface area contributed by atoms with Crippen LogP contribution in [-0.4, -0.2) is 0 Å². The Morgan fingerprint density at radius 2 is 0.690 bits per heavy atom. The Kier molecular flexibility index (Phi) is 7.70. The Bertz CT molecular complexity index is 3160. The third kappa shape index (κ3) is 5.68. The summed E-state index contributed by atoms with van der Waals surface area (Å²) in [6.07, 6.45) is 0. The van der Waals surface area contributed by atoms with Gasteiger partial charge in [-0.1, -0.05) is 71.8 Å². The standard InChI is InChI=1S/C54H40N2O2/c1-33-11-17-41(18-12-33)55(43-9-5-7-35(3)25-43)45-21-15-37-29-49-47-23-24-48-50-30-38-16-22-46(56(42-19-13-34(2)14-20-42)44-10-6-8-36(4)26-44)28-40(38)32-52(50)58-54(48)53(47)57-51(49)31-39(37)27-45/h5-32H,1-4H3. The molecule has 0 aliphatic rings. The van der Waals surface area contributed by atoms with Gasteiger partial charge in [0.25, 0.3) is 0 Å². The summed E-state index contributed by atoms with van der Waals surface area (Å²) in [5, 5.41) is 8.79. The molecule has 9 aromatic carbocycles. The smallest absolute Gasteiger partial charge is 0.178 e. The van der Waals surface area contributed by atoms with Crippen LogP contribution < -0.4 is 9.80 Å². The lowest BCUT2D eigenvalue weighted by Gasteiger charge is -2.26. The Morgan fingerprint density at radius 1 is 0.293 bits per heavy atom. The highest BCUT2D eigenvalue weighted by atomic mass is 16.4. The molecule has 0 radical (unpaired) electrons. The average molecular weight is 749 g/mol. The first kappa shape index (κ1) is 34.0. The highest BCUT2D eigenvalue weighted by Gasteiger charge is 2.20. The van der Waals surface area contributed by atoms with E-state index >= 15 is 0 Å². The van der Waals surface area contributed by atoms with Crippen LogP contribution in [0.15, 0.2) is 179 Å². The minimum Gasteiger partial charge on any atom is -0.452 e. The van der Waals surface area contributed by atoms with Crippen molar-refractivity contribution in [3.8, 4) is 0 Å². The molecule has 0 atom stereocenters. The number of anilines is 6. The van der Waals surface area contributed by atoms with E-state index in [1.807, 2.05) is 0 Å². The molecule has 0 spiro atoms. The maximum atomic E-state index is 6.75. The number of hydrogen-bond acceptors (Lipinski definition) is 4. The van der Waals surface area contributed by atoms with Crippen molar-refractivity contribution in [2.24, 2.45) is 0 Å². The fourth-order valence-corrected chi connectivity index (χ4v) is 8.62. The molecule has 0 aliphatic heterocycles. The van der Waals surface area contributed by atoms with Crippen LogP contribution in [-0.2, 0) is 0 Å². The van der Waals surface area contributed by atoms with Gasteiger partial charge in [-0.15, -0.1) is 0 Å². The second-order valence-corrected chi connectivity index (χ2v) is 15.8. The van der Waals surface area contributed by atoms with Crippen molar-refractivity contribution in [1.29, 1.82) is 0 Å². The van der Waals surface area contributed by atoms with Crippen molar-refractivity contribution < 1.29 is 8.83 Å². The first-order valence-corrected chi connectivity index (χ1v) is 19.9. The number of rotatable bonds is 6. The molecule has 2 aromatic heterocycles. The largest absolute Gasteiger partial charge is 0.452 e. The molecule has 0 bridgehead atoms. The predicted octanol–water partition coefficient (Wildman–Crippen LogP) is 16.0. The van der Waals surface area contributed by atoms with E-state index in [2.05, 4.69) is 207 Å². The quantitative estimate of drug-likeness (QED) is 0.170. The van der Waals surface area contributed by atoms with Gasteiger partial charge < -0.3 is 18.6 Å². The molecule has 0 aliphatic carbocycles. The Morgan fingerprint density at radius 3 is 1.10 bits per heavy atom. The van der Waals surface area contributed by atoms with Crippen LogP contribution in [0.2, 0.25) is 0 Å². The van der Waals surface area contributed by atoms with E-state index in [9.17, 15) is 0 Å². The van der Waals surface area contributed by atoms with E-state index in [0.29, 0.717) is 0 Å². The zero-order valence-electron chi connectivity index (χ0n) is 32.9. The molecule has 0 fully saturated rings. The van der Waals surface area contributed by atoms with Crippen molar-refractivity contribution in [1.82, 2.24) is 0 Å². The van der Waals surface area contributed by atoms with E-state index in [4.69, 9.17) is 8.83 Å². The molecule has 0 unspecified atom stereocenters. The summed E-state index contributed by atoms with van der Waals surface area (Å²) < 4.78 is 13.5. The molecular weight excluding hydrogens is 709 g/mol. The fraction of sp³-hybridized carbons (Fsp3) is 0.0741. The number of hydrogen-bond donors (Lipinski definition) is 0. The summed E-state index contributed by atoms with van der Waals surface area (Å²) >= 11 is 0. The summed E-state index contributed by atoms with van der Waals surface area (Å²) in [6, 6.07) is 61.4. The van der Waals surface area contributed by atoms with Gasteiger partial charge in [-0.25, -0.2) is 0 Å². The normalized spacial score (nSPS) is 11.8. The predicted molar refractivity (Wildman–Crippen MR) is 244 cm³/mol. The van der Waals surface area contributed by atoms with Gasteiger partial charge >= 0.3 is 0 Å². The number of fused-ring (bicyclic) bond motifs is 9. The summed E-state index contributed by atoms with van der Waals surface area (Å²) in [6.45, 7) is 8.53. The zero-order chi connectivity index (χ0) is 39.1. The molecule has 4 heteroatoms. The average Bonchev–Trinajstić information content (AvgIpc) is 3.78. The third-order valence-electron chi connectivity index (χ3n) is 11.6. The van der Waals surface area contributed by atoms with E-state index in [0.717, 1.165) is 99.5 Å². The van der Waals surface area contributed by atoms with Gasteiger partial charge in [-0.3, -0.25) is 0 Å². The Balaban J connectivity index is 1.03. The van der Waals surface area contributed by atoms with Crippen LogP contribution in [0.1, 0.15) is 22.3 Å². The number of nitrogens with zero attached hydrogens (tertiary/aromatic N) is 2. The number of furan rings is 2. The van der Waals surface area contributed by atoms with Gasteiger partial charge in [0.15, 0.2) is 11.2 Å². The maximum Gasteiger partial charge on any atom is 0.178 e. The minimum absolute atomic E-state index is 0.773. The molecule has 0 saturated heterocycles. The maximum absolute atomic E-state index is 6.75. The summed E-state index contributed by atoms with van der Waals surface area (Å²) in [7, 11) is 0. The van der Waals surface area contributed by atoms with Gasteiger partial charge in [-0.2, -0.15) is 0 Å². The monoisotopic (exact) mass is 748 g/mol. The van der Waals surface area contributed by atoms with E-state index in [1.54, 1.807) is 0 Å². The van der Waals surface area contributed by atoms with Crippen LogP contribution >= 0.6 is 0 Å². The second kappa shape index (κ2) is 13.1. The number of aryl methyl sites for hydroxylation is 4. The van der Waals surface area contributed by atoms with Crippen molar-refractivity contribution in [2.45, 2.75) is 27.7 Å². The number of benzene rings is 9. The molecule has 11 aromatic rings. The van der Waals surface area contributed by atoms with Gasteiger partial charge in [-0.05, 0) is 170 Å². The summed E-state index contributed by atoms with van der Waals surface area (Å²) in [5.74, 6) is 0. The summed E-state index contributed by atoms with van der Waals surface area (Å²) in [5.41, 5.74) is 14.8. The van der Waals surface area contributed by atoms with Gasteiger partial charge in [0, 0.05) is 55.7 Å². The van der Waals surface area contributed by atoms with Gasteiger partial charge in [0.1, 0.15) is 11.2 Å². The lowest BCUT2D eigenvalue weighted by Crippen LogP contribution is -2.10. The molecule has 278 valence electrons. The molecule has 0 saturated carbocycles. The van der Waals surface area contributed by atoms with Crippen molar-refractivity contribution in [3.05, 3.63) is 192 Å². The topological polar surface area (TPSA) is 32.8 Å². The third-order valence-corrected chi connectivity index (χ3v) is 11.6. The molecule has 2 heterocycles. The molecule has 0 N–H and O–H groups in total. The fourth-order valence-electron chi connectivity index (χ4n) is 8.62. The molecule has 4 nitrogen and oxygen atoms in total. The van der Waals surface area contributed by atoms with E-state index in [-0.39, 0.29) is 0 Å². The molecule has 0 amide bonds. The molecular formula is C54H40N2O2. The van der Waals surface area contributed by atoms with Crippen LogP contribution in [0.4, 0.5) is 34.1 Å². The zero-order valence-corrected chi connectivity index (χ0v) is 32.9. The Labute approximate surface area is 336 Å². The van der Waals surface area contributed by atoms with E-state index in [1.165, 1.54) is 22.3 Å². The van der Waals surface area contributed by atoms with Crippen LogP contribution in [0, 0.1) is 27.7 Å². The van der Waals surface area contributed by atoms with Crippen LogP contribution in [0.5, 0.6) is 0 Å². The Hall–Kier alpha value is -7.30.